The number of nitrogens with zero attached hydrogens (tertiary/aromatic N) is 4. The van der Waals surface area contributed by atoms with Crippen molar-refractivity contribution >= 4 is 33.9 Å². The Kier molecular flexibility index (Phi) is 4.80. The van der Waals surface area contributed by atoms with Gasteiger partial charge in [0, 0.05) is 11.3 Å². The lowest BCUT2D eigenvalue weighted by Crippen LogP contribution is -2.27. The SMILES string of the molecule is Cc1nn(-c2ccccc2)c2nc(-c3ccccc3)cc(C(=O)NC3=NCCS3)c12. The van der Waals surface area contributed by atoms with Crippen LogP contribution in [0.3, 0.4) is 0 Å². The Morgan fingerprint density at radius 2 is 1.80 bits per heavy atom. The summed E-state index contributed by atoms with van der Waals surface area (Å²) in [7, 11) is 0. The van der Waals surface area contributed by atoms with Crippen molar-refractivity contribution in [3.8, 4) is 16.9 Å². The van der Waals surface area contributed by atoms with Crippen molar-refractivity contribution in [2.24, 2.45) is 4.99 Å². The predicted molar refractivity (Wildman–Crippen MR) is 121 cm³/mol. The van der Waals surface area contributed by atoms with Gasteiger partial charge in [-0.05, 0) is 25.1 Å². The lowest BCUT2D eigenvalue weighted by atomic mass is 10.0. The van der Waals surface area contributed by atoms with E-state index in [-0.39, 0.29) is 5.91 Å². The van der Waals surface area contributed by atoms with Crippen LogP contribution in [0.1, 0.15) is 16.1 Å². The lowest BCUT2D eigenvalue weighted by Gasteiger charge is -2.10. The van der Waals surface area contributed by atoms with E-state index in [1.165, 1.54) is 0 Å². The Bertz CT molecular complexity index is 1270. The molecule has 6 nitrogen and oxygen atoms in total. The second-order valence-electron chi connectivity index (χ2n) is 6.94. The van der Waals surface area contributed by atoms with Gasteiger partial charge in [0.05, 0.1) is 34.6 Å². The van der Waals surface area contributed by atoms with Gasteiger partial charge in [0.15, 0.2) is 10.8 Å². The second kappa shape index (κ2) is 7.76. The molecule has 0 saturated heterocycles. The minimum Gasteiger partial charge on any atom is -0.301 e. The maximum atomic E-state index is 13.2. The number of aryl methyl sites for hydroxylation is 1. The number of carbonyl (C=O) groups excluding carboxylic acids is 1. The average molecular weight is 414 g/mol. The van der Waals surface area contributed by atoms with Crippen LogP contribution < -0.4 is 5.32 Å². The number of amidine groups is 1. The molecule has 3 heterocycles. The van der Waals surface area contributed by atoms with Gasteiger partial charge in [-0.3, -0.25) is 9.79 Å². The van der Waals surface area contributed by atoms with Crippen LogP contribution in [-0.4, -0.2) is 38.1 Å². The minimum absolute atomic E-state index is 0.191. The molecule has 0 unspecified atom stereocenters. The third-order valence-corrected chi connectivity index (χ3v) is 5.82. The van der Waals surface area contributed by atoms with Gasteiger partial charge in [-0.25, -0.2) is 9.67 Å². The van der Waals surface area contributed by atoms with Gasteiger partial charge < -0.3 is 5.32 Å². The number of para-hydroxylation sites is 1. The van der Waals surface area contributed by atoms with Crippen molar-refractivity contribution in [1.29, 1.82) is 0 Å². The molecular formula is C23H19N5OS. The summed E-state index contributed by atoms with van der Waals surface area (Å²) in [5.41, 5.74) is 4.54. The summed E-state index contributed by atoms with van der Waals surface area (Å²) in [4.78, 5) is 22.5. The molecule has 5 rings (SSSR count). The van der Waals surface area contributed by atoms with E-state index < -0.39 is 0 Å². The summed E-state index contributed by atoms with van der Waals surface area (Å²) in [6.07, 6.45) is 0. The van der Waals surface area contributed by atoms with Crippen molar-refractivity contribution in [3.05, 3.63) is 78.0 Å². The Balaban J connectivity index is 1.73. The Labute approximate surface area is 178 Å². The fraction of sp³-hybridized carbons (Fsp3) is 0.130. The zero-order chi connectivity index (χ0) is 20.5. The normalized spacial score (nSPS) is 13.4. The third kappa shape index (κ3) is 3.37. The number of hydrogen-bond donors (Lipinski definition) is 1. The highest BCUT2D eigenvalue weighted by Crippen LogP contribution is 2.29. The summed E-state index contributed by atoms with van der Waals surface area (Å²) in [6, 6.07) is 21.6. The van der Waals surface area contributed by atoms with Crippen LogP contribution >= 0.6 is 11.8 Å². The topological polar surface area (TPSA) is 72.2 Å². The van der Waals surface area contributed by atoms with E-state index in [1.807, 2.05) is 73.7 Å². The minimum atomic E-state index is -0.191. The molecule has 1 amide bonds. The smallest absolute Gasteiger partial charge is 0.258 e. The number of hydrogen-bond acceptors (Lipinski definition) is 5. The average Bonchev–Trinajstić information content (AvgIpc) is 3.42. The van der Waals surface area contributed by atoms with Crippen molar-refractivity contribution in [2.45, 2.75) is 6.92 Å². The molecule has 2 aromatic carbocycles. The van der Waals surface area contributed by atoms with Gasteiger partial charge in [-0.15, -0.1) is 0 Å². The maximum absolute atomic E-state index is 13.2. The van der Waals surface area contributed by atoms with E-state index in [9.17, 15) is 4.79 Å². The number of aromatic nitrogens is 3. The number of thioether (sulfide) groups is 1. The van der Waals surface area contributed by atoms with Crippen molar-refractivity contribution in [2.75, 3.05) is 12.3 Å². The van der Waals surface area contributed by atoms with Crippen LogP contribution in [0.5, 0.6) is 0 Å². The van der Waals surface area contributed by atoms with E-state index in [4.69, 9.17) is 10.1 Å². The molecule has 0 aliphatic carbocycles. The first-order chi connectivity index (χ1) is 14.7. The van der Waals surface area contributed by atoms with Crippen LogP contribution in [0, 0.1) is 6.92 Å². The fourth-order valence-electron chi connectivity index (χ4n) is 3.55. The summed E-state index contributed by atoms with van der Waals surface area (Å²) in [5, 5.41) is 9.08. The molecule has 2 aromatic heterocycles. The monoisotopic (exact) mass is 413 g/mol. The molecule has 0 radical (unpaired) electrons. The van der Waals surface area contributed by atoms with E-state index in [0.29, 0.717) is 16.4 Å². The maximum Gasteiger partial charge on any atom is 0.258 e. The number of carbonyl (C=O) groups is 1. The number of aliphatic imine (C=N–C) groups is 1. The van der Waals surface area contributed by atoms with Crippen molar-refractivity contribution in [3.63, 3.8) is 0 Å². The Morgan fingerprint density at radius 1 is 1.07 bits per heavy atom. The molecule has 7 heteroatoms. The number of benzene rings is 2. The molecule has 0 fully saturated rings. The zero-order valence-corrected chi connectivity index (χ0v) is 17.2. The first-order valence-corrected chi connectivity index (χ1v) is 10.7. The lowest BCUT2D eigenvalue weighted by molar-refractivity contribution is 0.0979. The summed E-state index contributed by atoms with van der Waals surface area (Å²) in [6.45, 7) is 2.64. The molecule has 0 saturated carbocycles. The fourth-order valence-corrected chi connectivity index (χ4v) is 4.27. The number of pyridine rings is 1. The molecule has 0 bridgehead atoms. The number of amides is 1. The molecule has 0 spiro atoms. The van der Waals surface area contributed by atoms with E-state index in [2.05, 4.69) is 10.3 Å². The second-order valence-corrected chi connectivity index (χ2v) is 8.03. The highest BCUT2D eigenvalue weighted by atomic mass is 32.2. The highest BCUT2D eigenvalue weighted by molar-refractivity contribution is 8.14. The van der Waals surface area contributed by atoms with Gasteiger partial charge in [0.2, 0.25) is 0 Å². The van der Waals surface area contributed by atoms with Crippen LogP contribution in [0.4, 0.5) is 0 Å². The molecule has 1 N–H and O–H groups in total. The quantitative estimate of drug-likeness (QED) is 0.546. The molecule has 0 atom stereocenters. The molecule has 1 aliphatic heterocycles. The van der Waals surface area contributed by atoms with E-state index in [0.717, 1.165) is 40.3 Å². The predicted octanol–water partition coefficient (Wildman–Crippen LogP) is 4.23. The van der Waals surface area contributed by atoms with E-state index >= 15 is 0 Å². The molecule has 30 heavy (non-hydrogen) atoms. The van der Waals surface area contributed by atoms with Crippen LogP contribution in [-0.2, 0) is 0 Å². The van der Waals surface area contributed by atoms with Gasteiger partial charge in [0.1, 0.15) is 0 Å². The number of nitrogens with one attached hydrogen (secondary N) is 1. The summed E-state index contributed by atoms with van der Waals surface area (Å²) in [5.74, 6) is 0.699. The van der Waals surface area contributed by atoms with Crippen LogP contribution in [0.15, 0.2) is 71.7 Å². The third-order valence-electron chi connectivity index (χ3n) is 4.93. The van der Waals surface area contributed by atoms with Gasteiger partial charge in [-0.1, -0.05) is 60.3 Å². The van der Waals surface area contributed by atoms with Gasteiger partial charge in [0.25, 0.3) is 5.91 Å². The first-order valence-electron chi connectivity index (χ1n) is 9.70. The van der Waals surface area contributed by atoms with Crippen LogP contribution in [0.2, 0.25) is 0 Å². The largest absolute Gasteiger partial charge is 0.301 e. The van der Waals surface area contributed by atoms with Crippen LogP contribution in [0.25, 0.3) is 28.0 Å². The molecular weight excluding hydrogens is 394 g/mol. The van der Waals surface area contributed by atoms with E-state index in [1.54, 1.807) is 16.4 Å². The number of rotatable bonds is 3. The molecule has 4 aromatic rings. The molecule has 148 valence electrons. The first kappa shape index (κ1) is 18.6. The highest BCUT2D eigenvalue weighted by Gasteiger charge is 2.22. The summed E-state index contributed by atoms with van der Waals surface area (Å²) < 4.78 is 1.80. The van der Waals surface area contributed by atoms with Gasteiger partial charge in [-0.2, -0.15) is 5.10 Å². The molecule has 1 aliphatic rings. The van der Waals surface area contributed by atoms with Crippen molar-refractivity contribution < 1.29 is 4.79 Å². The van der Waals surface area contributed by atoms with Crippen molar-refractivity contribution in [1.82, 2.24) is 20.1 Å². The zero-order valence-electron chi connectivity index (χ0n) is 16.4. The Morgan fingerprint density at radius 3 is 2.50 bits per heavy atom. The van der Waals surface area contributed by atoms with Gasteiger partial charge >= 0.3 is 0 Å². The standard InChI is InChI=1S/C23H19N5OS/c1-15-20-18(22(29)26-23-24-12-13-30-23)14-19(16-8-4-2-5-9-16)25-21(20)28(27-15)17-10-6-3-7-11-17/h2-11,14H,12-13H2,1H3,(H,24,26,29). The Hall–Kier alpha value is -3.45. The number of fused-ring (bicyclic) bond motifs is 1. The summed E-state index contributed by atoms with van der Waals surface area (Å²) >= 11 is 1.56.